The summed E-state index contributed by atoms with van der Waals surface area (Å²) < 4.78 is 35.6. The molecule has 0 radical (unpaired) electrons. The van der Waals surface area contributed by atoms with Crippen molar-refractivity contribution in [1.29, 1.82) is 0 Å². The van der Waals surface area contributed by atoms with Crippen LogP contribution in [-0.4, -0.2) is 21.4 Å². The van der Waals surface area contributed by atoms with Gasteiger partial charge >= 0.3 is 5.91 Å². The third-order valence-corrected chi connectivity index (χ3v) is 3.61. The molecule has 1 N–H and O–H groups in total. The van der Waals surface area contributed by atoms with Crippen LogP contribution in [0.15, 0.2) is 52.3 Å². The molecule has 0 aliphatic carbocycles. The summed E-state index contributed by atoms with van der Waals surface area (Å²) in [6.07, 6.45) is 1.40. The maximum atomic E-state index is 11.8. The summed E-state index contributed by atoms with van der Waals surface area (Å²) in [6, 6.07) is 11.8. The predicted molar refractivity (Wildman–Crippen MR) is 81.3 cm³/mol. The van der Waals surface area contributed by atoms with E-state index in [1.165, 1.54) is 19.3 Å². The minimum atomic E-state index is -3.90. The van der Waals surface area contributed by atoms with Crippen molar-refractivity contribution in [3.63, 3.8) is 0 Å². The average Bonchev–Trinajstić information content (AvgIpc) is 2.95. The van der Waals surface area contributed by atoms with Gasteiger partial charge in [-0.3, -0.25) is 4.79 Å². The van der Waals surface area contributed by atoms with E-state index in [0.717, 1.165) is 5.41 Å². The molecule has 2 aromatic rings. The first-order chi connectivity index (χ1) is 10.5. The van der Waals surface area contributed by atoms with Crippen LogP contribution in [0.1, 0.15) is 21.9 Å². The Morgan fingerprint density at radius 3 is 2.64 bits per heavy atom. The van der Waals surface area contributed by atoms with Crippen LogP contribution in [0.3, 0.4) is 0 Å². The van der Waals surface area contributed by atoms with Gasteiger partial charge in [-0.1, -0.05) is 30.3 Å². The van der Waals surface area contributed by atoms with Gasteiger partial charge in [0.25, 0.3) is 10.0 Å². The Balaban J connectivity index is 2.04. The summed E-state index contributed by atoms with van der Waals surface area (Å²) in [5, 5.41) is 0.930. The Kier molecular flexibility index (Phi) is 5.13. The van der Waals surface area contributed by atoms with Crippen molar-refractivity contribution in [3.8, 4) is 0 Å². The first-order valence-electron chi connectivity index (χ1n) is 6.38. The summed E-state index contributed by atoms with van der Waals surface area (Å²) in [4.78, 5) is 11.8. The van der Waals surface area contributed by atoms with Gasteiger partial charge in [-0.25, -0.2) is 13.1 Å². The Hall–Kier alpha value is -2.38. The van der Waals surface area contributed by atoms with Crippen molar-refractivity contribution in [2.45, 2.75) is 6.61 Å². The molecule has 0 saturated heterocycles. The van der Waals surface area contributed by atoms with E-state index in [-0.39, 0.29) is 12.4 Å². The van der Waals surface area contributed by atoms with Crippen LogP contribution in [0.4, 0.5) is 0 Å². The molecule has 1 amide bonds. The Morgan fingerprint density at radius 2 is 1.95 bits per heavy atom. The summed E-state index contributed by atoms with van der Waals surface area (Å²) in [7, 11) is -2.41. The topological polar surface area (TPSA) is 85.6 Å². The van der Waals surface area contributed by atoms with E-state index in [1.54, 1.807) is 30.3 Å². The second-order valence-corrected chi connectivity index (χ2v) is 5.95. The highest BCUT2D eigenvalue weighted by molar-refractivity contribution is 7.93. The van der Waals surface area contributed by atoms with Crippen LogP contribution in [-0.2, 0) is 21.4 Å². The molecule has 7 heteroatoms. The number of methoxy groups -OCH3 is 1. The number of sulfonamides is 1. The zero-order valence-electron chi connectivity index (χ0n) is 11.9. The van der Waals surface area contributed by atoms with E-state index in [1.807, 2.05) is 10.8 Å². The largest absolute Gasteiger partial charge is 0.453 e. The van der Waals surface area contributed by atoms with Gasteiger partial charge in [-0.2, -0.15) is 0 Å². The molecular formula is C15H15NO5S. The third-order valence-electron chi connectivity index (χ3n) is 2.65. The Morgan fingerprint density at radius 1 is 1.23 bits per heavy atom. The monoisotopic (exact) mass is 321 g/mol. The van der Waals surface area contributed by atoms with Crippen LogP contribution in [0.2, 0.25) is 0 Å². The van der Waals surface area contributed by atoms with Crippen molar-refractivity contribution in [2.75, 3.05) is 7.11 Å². The van der Waals surface area contributed by atoms with Crippen molar-refractivity contribution in [3.05, 3.63) is 65.0 Å². The van der Waals surface area contributed by atoms with Gasteiger partial charge in [0.05, 0.1) is 5.41 Å². The number of nitrogens with one attached hydrogen (secondary N) is 1. The molecule has 1 aromatic carbocycles. The summed E-state index contributed by atoms with van der Waals surface area (Å²) >= 11 is 0. The lowest BCUT2D eigenvalue weighted by atomic mass is 10.2. The Labute approximate surface area is 128 Å². The fourth-order valence-electron chi connectivity index (χ4n) is 1.67. The number of carbonyl (C=O) groups excluding carboxylic acids is 1. The average molecular weight is 321 g/mol. The fraction of sp³-hybridized carbons (Fsp3) is 0.133. The normalized spacial score (nSPS) is 11.7. The highest BCUT2D eigenvalue weighted by Crippen LogP contribution is 2.09. The molecule has 0 bridgehead atoms. The first kappa shape index (κ1) is 16.0. The maximum absolute atomic E-state index is 11.8. The number of rotatable bonds is 6. The summed E-state index contributed by atoms with van der Waals surface area (Å²) in [6.45, 7) is 0.202. The van der Waals surface area contributed by atoms with Crippen molar-refractivity contribution in [1.82, 2.24) is 4.72 Å². The second-order valence-electron chi connectivity index (χ2n) is 4.39. The minimum absolute atomic E-state index is 0.0938. The van der Waals surface area contributed by atoms with Crippen LogP contribution in [0, 0.1) is 0 Å². The SMILES string of the molecule is COCc1ccc(C(=O)NS(=O)(=O)C=Cc2ccccc2)o1. The van der Waals surface area contributed by atoms with Crippen molar-refractivity contribution < 1.29 is 22.4 Å². The fourth-order valence-corrected chi connectivity index (χ4v) is 2.43. The standard InChI is InChI=1S/C15H15NO5S/c1-20-11-13-7-8-14(21-13)15(17)16-22(18,19)10-9-12-5-3-2-4-6-12/h2-10H,11H2,1H3,(H,16,17). The lowest BCUT2D eigenvalue weighted by Gasteiger charge is -2.01. The summed E-state index contributed by atoms with van der Waals surface area (Å²) in [5.74, 6) is -0.492. The quantitative estimate of drug-likeness (QED) is 0.881. The van der Waals surface area contributed by atoms with Crippen molar-refractivity contribution in [2.24, 2.45) is 0 Å². The molecule has 1 aromatic heterocycles. The van der Waals surface area contributed by atoms with Gasteiger partial charge in [0, 0.05) is 7.11 Å². The molecule has 0 aliphatic heterocycles. The zero-order chi connectivity index (χ0) is 16.0. The van der Waals surface area contributed by atoms with Crippen LogP contribution < -0.4 is 4.72 Å². The molecule has 2 rings (SSSR count). The molecule has 22 heavy (non-hydrogen) atoms. The number of carbonyl (C=O) groups is 1. The third kappa shape index (κ3) is 4.57. The lowest BCUT2D eigenvalue weighted by molar-refractivity contribution is 0.0946. The number of ether oxygens (including phenoxy) is 1. The smallest absolute Gasteiger partial charge is 0.300 e. The van der Waals surface area contributed by atoms with Crippen LogP contribution in [0.5, 0.6) is 0 Å². The van der Waals surface area contributed by atoms with Crippen LogP contribution >= 0.6 is 0 Å². The van der Waals surface area contributed by atoms with Gasteiger partial charge in [-0.15, -0.1) is 0 Å². The second kappa shape index (κ2) is 7.06. The van der Waals surface area contributed by atoms with E-state index < -0.39 is 15.9 Å². The van der Waals surface area contributed by atoms with E-state index in [4.69, 9.17) is 9.15 Å². The van der Waals surface area contributed by atoms with E-state index >= 15 is 0 Å². The number of benzene rings is 1. The van der Waals surface area contributed by atoms with Gasteiger partial charge < -0.3 is 9.15 Å². The molecule has 6 nitrogen and oxygen atoms in total. The van der Waals surface area contributed by atoms with Gasteiger partial charge in [0.1, 0.15) is 12.4 Å². The maximum Gasteiger partial charge on any atom is 0.300 e. The highest BCUT2D eigenvalue weighted by Gasteiger charge is 2.16. The lowest BCUT2D eigenvalue weighted by Crippen LogP contribution is -2.28. The number of furan rings is 1. The summed E-state index contributed by atoms with van der Waals surface area (Å²) in [5.41, 5.74) is 0.709. The first-order valence-corrected chi connectivity index (χ1v) is 7.93. The molecule has 0 unspecified atom stereocenters. The molecule has 1 heterocycles. The minimum Gasteiger partial charge on any atom is -0.453 e. The highest BCUT2D eigenvalue weighted by atomic mass is 32.2. The number of hydrogen-bond donors (Lipinski definition) is 1. The molecular weight excluding hydrogens is 306 g/mol. The van der Waals surface area contributed by atoms with Gasteiger partial charge in [0.2, 0.25) is 0 Å². The predicted octanol–water partition coefficient (Wildman–Crippen LogP) is 2.16. The molecule has 0 aliphatic rings. The number of hydrogen-bond acceptors (Lipinski definition) is 5. The van der Waals surface area contributed by atoms with Crippen LogP contribution in [0.25, 0.3) is 6.08 Å². The van der Waals surface area contributed by atoms with E-state index in [9.17, 15) is 13.2 Å². The molecule has 0 fully saturated rings. The zero-order valence-corrected chi connectivity index (χ0v) is 12.7. The molecule has 0 atom stereocenters. The number of amides is 1. The van der Waals surface area contributed by atoms with Crippen molar-refractivity contribution >= 4 is 22.0 Å². The van der Waals surface area contributed by atoms with E-state index in [2.05, 4.69) is 0 Å². The molecule has 0 spiro atoms. The van der Waals surface area contributed by atoms with E-state index in [0.29, 0.717) is 11.3 Å². The molecule has 116 valence electrons. The Bertz CT molecular complexity index is 762. The molecule has 0 saturated carbocycles. The van der Waals surface area contributed by atoms with Gasteiger partial charge in [-0.05, 0) is 23.8 Å². The van der Waals surface area contributed by atoms with Gasteiger partial charge in [0.15, 0.2) is 5.76 Å².